The molecule has 0 spiro atoms. The molecule has 34 heavy (non-hydrogen) atoms. The van der Waals surface area contributed by atoms with Crippen LogP contribution in [0.1, 0.15) is 36.1 Å². The van der Waals surface area contributed by atoms with E-state index in [-0.39, 0.29) is 11.2 Å². The second kappa shape index (κ2) is 7.66. The van der Waals surface area contributed by atoms with Gasteiger partial charge in [0.25, 0.3) is 0 Å². The van der Waals surface area contributed by atoms with E-state index in [0.717, 1.165) is 0 Å². The normalized spacial score (nSPS) is 28.4. The van der Waals surface area contributed by atoms with Crippen LogP contribution in [-0.2, 0) is 21.0 Å². The number of benzene rings is 4. The van der Waals surface area contributed by atoms with Crippen molar-refractivity contribution in [2.45, 2.75) is 38.9 Å². The number of hydrogen-bond acceptors (Lipinski definition) is 2. The molecule has 2 heteroatoms. The van der Waals surface area contributed by atoms with Crippen LogP contribution in [0.25, 0.3) is 21.5 Å². The van der Waals surface area contributed by atoms with Crippen molar-refractivity contribution in [1.29, 1.82) is 0 Å². The molecule has 0 radical (unpaired) electrons. The predicted octanol–water partition coefficient (Wildman–Crippen LogP) is 8.06. The predicted molar refractivity (Wildman–Crippen MR) is 140 cm³/mol. The Morgan fingerprint density at radius 1 is 0.529 bits per heavy atom. The van der Waals surface area contributed by atoms with Gasteiger partial charge in [-0.1, -0.05) is 97.1 Å². The van der Waals surface area contributed by atoms with Crippen molar-refractivity contribution in [3.05, 3.63) is 119 Å². The number of aryl methyl sites for hydroxylation is 2. The van der Waals surface area contributed by atoms with E-state index >= 15 is 0 Å². The summed E-state index contributed by atoms with van der Waals surface area (Å²) < 4.78 is 0. The lowest BCUT2D eigenvalue weighted by Crippen LogP contribution is -2.58. The first-order valence-electron chi connectivity index (χ1n) is 12.1. The average molecular weight is 447 g/mol. The summed E-state index contributed by atoms with van der Waals surface area (Å²) in [7, 11) is 0. The summed E-state index contributed by atoms with van der Waals surface area (Å²) in [6, 6.07) is 25.8. The van der Waals surface area contributed by atoms with Gasteiger partial charge in [0.05, 0.1) is 0 Å². The van der Waals surface area contributed by atoms with E-state index in [0.29, 0.717) is 11.8 Å². The molecule has 4 unspecified atom stereocenters. The Hall–Kier alpha value is -3.20. The van der Waals surface area contributed by atoms with Gasteiger partial charge < -0.3 is 0 Å². The minimum Gasteiger partial charge on any atom is -0.224 e. The summed E-state index contributed by atoms with van der Waals surface area (Å²) in [5, 5.41) is 5.50. The lowest BCUT2D eigenvalue weighted by Gasteiger charge is -2.57. The molecule has 0 N–H and O–H groups in total. The van der Waals surface area contributed by atoms with Crippen LogP contribution in [0, 0.1) is 25.7 Å². The van der Waals surface area contributed by atoms with Crippen molar-refractivity contribution in [3.63, 3.8) is 0 Å². The molecule has 0 amide bonds. The summed E-state index contributed by atoms with van der Waals surface area (Å²) in [6.45, 7) is 8.69. The van der Waals surface area contributed by atoms with E-state index in [1.165, 1.54) is 43.8 Å². The highest BCUT2D eigenvalue weighted by Crippen LogP contribution is 2.60. The van der Waals surface area contributed by atoms with E-state index in [4.69, 9.17) is 9.78 Å². The second-order valence-corrected chi connectivity index (χ2v) is 10.1. The van der Waals surface area contributed by atoms with E-state index < -0.39 is 0 Å². The third-order valence-corrected chi connectivity index (χ3v) is 8.26. The Balaban J connectivity index is 0.000000129. The van der Waals surface area contributed by atoms with Crippen LogP contribution < -0.4 is 0 Å². The average Bonchev–Trinajstić information content (AvgIpc) is 2.90. The number of fused-ring (bicyclic) bond motifs is 3. The smallest absolute Gasteiger partial charge is 0.133 e. The third kappa shape index (κ3) is 2.89. The number of hydrogen-bond donors (Lipinski definition) is 0. The molecule has 8 rings (SSSR count). The first-order chi connectivity index (χ1) is 16.4. The molecule has 2 heterocycles. The van der Waals surface area contributed by atoms with E-state index in [2.05, 4.69) is 125 Å². The minimum absolute atomic E-state index is 0.344. The zero-order valence-electron chi connectivity index (χ0n) is 20.2. The van der Waals surface area contributed by atoms with Crippen molar-refractivity contribution < 1.29 is 9.78 Å². The van der Waals surface area contributed by atoms with Crippen LogP contribution in [0.15, 0.2) is 97.1 Å². The van der Waals surface area contributed by atoms with Crippen LogP contribution in [0.2, 0.25) is 0 Å². The number of allylic oxidation sites excluding steroid dienone is 2. The maximum Gasteiger partial charge on any atom is 0.133 e. The van der Waals surface area contributed by atoms with Gasteiger partial charge in [0, 0.05) is 11.8 Å². The van der Waals surface area contributed by atoms with Gasteiger partial charge in [0.1, 0.15) is 11.2 Å². The first kappa shape index (κ1) is 21.3. The summed E-state index contributed by atoms with van der Waals surface area (Å²) in [5.41, 5.74) is 4.55. The second-order valence-electron chi connectivity index (χ2n) is 10.1. The molecule has 170 valence electrons. The summed E-state index contributed by atoms with van der Waals surface area (Å²) in [4.78, 5) is 11.6. The fraction of sp³-hybridized carbons (Fsp3) is 0.250. The zero-order valence-corrected chi connectivity index (χ0v) is 20.2. The molecule has 4 aromatic carbocycles. The van der Waals surface area contributed by atoms with Crippen molar-refractivity contribution >= 4 is 21.5 Å². The monoisotopic (exact) mass is 446 g/mol. The van der Waals surface area contributed by atoms with Crippen LogP contribution in [-0.4, -0.2) is 0 Å². The highest BCUT2D eigenvalue weighted by molar-refractivity contribution is 6.05. The van der Waals surface area contributed by atoms with Gasteiger partial charge in [-0.05, 0) is 71.5 Å². The van der Waals surface area contributed by atoms with E-state index in [1.54, 1.807) is 0 Å². The van der Waals surface area contributed by atoms with E-state index in [1.807, 2.05) is 0 Å². The summed E-state index contributed by atoms with van der Waals surface area (Å²) in [5.74, 6) is 0.687. The Morgan fingerprint density at radius 3 is 1.21 bits per heavy atom. The van der Waals surface area contributed by atoms with Crippen molar-refractivity contribution in [3.8, 4) is 0 Å². The third-order valence-electron chi connectivity index (χ3n) is 8.26. The molecule has 1 fully saturated rings. The molecule has 0 saturated carbocycles. The maximum absolute atomic E-state index is 5.78. The van der Waals surface area contributed by atoms with E-state index in [9.17, 15) is 0 Å². The van der Waals surface area contributed by atoms with Gasteiger partial charge in [0.15, 0.2) is 0 Å². The molecule has 0 aromatic heterocycles. The lowest BCUT2D eigenvalue weighted by atomic mass is 9.58. The van der Waals surface area contributed by atoms with Crippen molar-refractivity contribution in [1.82, 2.24) is 0 Å². The Bertz CT molecular complexity index is 1310. The Morgan fingerprint density at radius 2 is 0.853 bits per heavy atom. The molecular weight excluding hydrogens is 416 g/mol. The standard InChI is InChI=1S/C16H16O2.C16H14/c1-15-11-7-3-5-9-13(11)16(2,18-17-15)14-10-6-4-8-12(14)15;1-11-13-7-3-5-9-15(13)12(2)16-10-6-4-8-14(11)16/h3-11,13H,1-2H3;3-10H,1-2H3. The Kier molecular flexibility index (Phi) is 4.81. The van der Waals surface area contributed by atoms with Gasteiger partial charge in [-0.15, -0.1) is 0 Å². The first-order valence-corrected chi connectivity index (χ1v) is 12.1. The summed E-state index contributed by atoms with van der Waals surface area (Å²) in [6.07, 6.45) is 8.73. The molecule has 4 atom stereocenters. The molecule has 4 aliphatic rings. The molecule has 2 aliphatic carbocycles. The van der Waals surface area contributed by atoms with Crippen LogP contribution in [0.3, 0.4) is 0 Å². The lowest BCUT2D eigenvalue weighted by molar-refractivity contribution is -0.477. The van der Waals surface area contributed by atoms with Crippen LogP contribution in [0.4, 0.5) is 0 Å². The molecule has 4 aromatic rings. The minimum atomic E-state index is -0.375. The topological polar surface area (TPSA) is 18.5 Å². The fourth-order valence-electron chi connectivity index (χ4n) is 6.31. The van der Waals surface area contributed by atoms with Crippen LogP contribution >= 0.6 is 0 Å². The van der Waals surface area contributed by atoms with Gasteiger partial charge >= 0.3 is 0 Å². The van der Waals surface area contributed by atoms with Gasteiger partial charge in [0.2, 0.25) is 0 Å². The zero-order chi connectivity index (χ0) is 23.5. The maximum atomic E-state index is 5.78. The SMILES string of the molecule is CC12OOC(C)(c3ccccc31)C1C=CC=CC12.Cc1c2ccccc2c(C)c2ccccc12. The molecular formula is C32H30O2. The quantitative estimate of drug-likeness (QED) is 0.201. The fourth-order valence-corrected chi connectivity index (χ4v) is 6.31. The summed E-state index contributed by atoms with van der Waals surface area (Å²) >= 11 is 0. The van der Waals surface area contributed by atoms with Crippen molar-refractivity contribution in [2.24, 2.45) is 11.8 Å². The molecule has 1 saturated heterocycles. The Labute approximate surface area is 201 Å². The van der Waals surface area contributed by atoms with Gasteiger partial charge in [-0.25, -0.2) is 9.78 Å². The molecule has 2 aliphatic heterocycles. The largest absolute Gasteiger partial charge is 0.224 e. The van der Waals surface area contributed by atoms with Gasteiger partial charge in [-0.2, -0.15) is 0 Å². The molecule has 2 nitrogen and oxygen atoms in total. The number of rotatable bonds is 0. The van der Waals surface area contributed by atoms with Crippen molar-refractivity contribution in [2.75, 3.05) is 0 Å². The highest BCUT2D eigenvalue weighted by atomic mass is 17.2. The van der Waals surface area contributed by atoms with Gasteiger partial charge in [-0.3, -0.25) is 0 Å². The van der Waals surface area contributed by atoms with Crippen LogP contribution in [0.5, 0.6) is 0 Å². The molecule has 2 bridgehead atoms. The highest BCUT2D eigenvalue weighted by Gasteiger charge is 2.61.